The van der Waals surface area contributed by atoms with Gasteiger partial charge < -0.3 is 20.8 Å². The van der Waals surface area contributed by atoms with Gasteiger partial charge in [-0.05, 0) is 58.6 Å². The van der Waals surface area contributed by atoms with Crippen LogP contribution in [0.4, 0.5) is 20.8 Å². The van der Waals surface area contributed by atoms with E-state index in [1.807, 2.05) is 60.7 Å². The van der Waals surface area contributed by atoms with E-state index >= 15 is 0 Å². The zero-order valence-electron chi connectivity index (χ0n) is 23.5. The summed E-state index contributed by atoms with van der Waals surface area (Å²) >= 11 is -11.1. The van der Waals surface area contributed by atoms with Crippen molar-refractivity contribution < 1.29 is 48.1 Å². The molecule has 0 aliphatic rings. The second-order valence-electron chi connectivity index (χ2n) is 9.63. The van der Waals surface area contributed by atoms with E-state index in [0.717, 1.165) is 60.6 Å². The van der Waals surface area contributed by atoms with Crippen molar-refractivity contribution in [2.75, 3.05) is 39.3 Å². The van der Waals surface area contributed by atoms with Crippen LogP contribution in [0.2, 0.25) is 0 Å². The number of hydrogen-bond donors (Lipinski definition) is 2. The molecule has 2 N–H and O–H groups in total. The Morgan fingerprint density at radius 3 is 1.32 bits per heavy atom. The van der Waals surface area contributed by atoms with E-state index in [2.05, 4.69) is 20.6 Å². The van der Waals surface area contributed by atoms with Crippen LogP contribution in [-0.2, 0) is 17.1 Å². The van der Waals surface area contributed by atoms with E-state index in [0.29, 0.717) is 24.2 Å². The smallest absolute Gasteiger partial charge is 0.872 e. The largest absolute Gasteiger partial charge is 3.00 e. The number of rotatable bonds is 13. The Morgan fingerprint density at radius 2 is 0.932 bits per heavy atom. The van der Waals surface area contributed by atoms with Crippen LogP contribution >= 0.6 is 0 Å². The first-order valence-electron chi connectivity index (χ1n) is 13.5. The number of halogens is 6. The summed E-state index contributed by atoms with van der Waals surface area (Å²) in [7, 11) is 0. The number of aliphatic imine (C=N–C) groups is 2. The molecule has 0 spiro atoms. The Hall–Kier alpha value is -3.08. The fourth-order valence-electron chi connectivity index (χ4n) is 4.15. The normalized spacial score (nSPS) is 13.4. The maximum absolute atomic E-state index is 12.2. The number of nitrogens with one attached hydrogen (secondary N) is 2. The van der Waals surface area contributed by atoms with E-state index in [-0.39, 0.29) is 28.6 Å². The summed E-state index contributed by atoms with van der Waals surface area (Å²) < 4.78 is 59.4. The maximum atomic E-state index is 12.2. The van der Waals surface area contributed by atoms with Crippen LogP contribution in [0.25, 0.3) is 21.5 Å². The first-order valence-corrected chi connectivity index (χ1v) is 17.8. The van der Waals surface area contributed by atoms with Gasteiger partial charge in [0, 0.05) is 38.6 Å². The average Bonchev–Trinajstić information content (AvgIpc) is 2.93. The topological polar surface area (TPSA) is 94.9 Å². The number of nitrogens with zero attached hydrogens (tertiary/aromatic N) is 2. The molecule has 4 aromatic carbocycles. The Labute approximate surface area is 263 Å². The van der Waals surface area contributed by atoms with Crippen molar-refractivity contribution in [3.8, 4) is 11.5 Å². The van der Waals surface area contributed by atoms with E-state index in [1.54, 1.807) is 24.6 Å². The minimum absolute atomic E-state index is 0. The van der Waals surface area contributed by atoms with Crippen LogP contribution in [0, 0.1) is 0 Å². The van der Waals surface area contributed by atoms with Crippen molar-refractivity contribution in [1.82, 2.24) is 10.6 Å². The molecule has 0 radical (unpaired) electrons. The van der Waals surface area contributed by atoms with E-state index in [9.17, 15) is 31.0 Å². The number of benzene rings is 4. The molecule has 4 rings (SSSR count). The van der Waals surface area contributed by atoms with Crippen LogP contribution in [0.5, 0.6) is 11.5 Å². The van der Waals surface area contributed by atoms with Gasteiger partial charge in [0.1, 0.15) is 0 Å². The number of fused-ring (bicyclic) bond motifs is 2. The molecule has 0 saturated carbocycles. The molecule has 0 heterocycles. The third kappa shape index (κ3) is 14.6. The SMILES string of the molecule is F[As-](F)(F)(F)(F)F.[Mn+3].[O-]c1ccc2ccccc2c1C=NCCCNCCNCCCN=Cc1c([O-])ccc2ccccc12. The maximum Gasteiger partial charge on any atom is 3.00 e. The van der Waals surface area contributed by atoms with Gasteiger partial charge in [0.2, 0.25) is 0 Å². The zero-order chi connectivity index (χ0) is 31.4. The van der Waals surface area contributed by atoms with Gasteiger partial charge >= 0.3 is 52.0 Å². The van der Waals surface area contributed by atoms with Crippen LogP contribution in [0.3, 0.4) is 0 Å². The van der Waals surface area contributed by atoms with Gasteiger partial charge in [0.25, 0.3) is 0 Å². The predicted octanol–water partition coefficient (Wildman–Crippen LogP) is 5.78. The molecule has 0 aliphatic heterocycles. The fourth-order valence-corrected chi connectivity index (χ4v) is 4.15. The predicted molar refractivity (Wildman–Crippen MR) is 159 cm³/mol. The van der Waals surface area contributed by atoms with Gasteiger partial charge in [0.05, 0.1) is 0 Å². The second kappa shape index (κ2) is 15.8. The molecule has 0 amide bonds. The zero-order valence-corrected chi connectivity index (χ0v) is 26.6. The summed E-state index contributed by atoms with van der Waals surface area (Å²) in [4.78, 5) is 8.92. The summed E-state index contributed by atoms with van der Waals surface area (Å²) in [6.07, 6.45) is 5.26. The van der Waals surface area contributed by atoms with Crippen LogP contribution in [0.15, 0.2) is 82.8 Å². The van der Waals surface area contributed by atoms with Gasteiger partial charge in [-0.2, -0.15) is 0 Å². The average molecular weight is 724 g/mol. The van der Waals surface area contributed by atoms with Crippen molar-refractivity contribution in [3.05, 3.63) is 83.9 Å². The standard InChI is InChI=1S/C30H34N4O2.AsF6.Mn/c35-29-13-11-23-7-1-3-9-25(23)27(29)21-33-17-5-15-31-19-20-32-16-6-18-34-22-28-26-10-4-2-8-24(26)12-14-30(28)36;2-1(3,4,5,6)7;/h1-4,7-14,21-22,31-32,35-36H,5-6,15-20H2;;/q;-1;+3/p-2. The first-order chi connectivity index (χ1) is 20.2. The minimum atomic E-state index is -11.1. The Kier molecular flexibility index (Phi) is 13.3. The first kappa shape index (κ1) is 37.1. The van der Waals surface area contributed by atoms with Crippen molar-refractivity contribution in [3.63, 3.8) is 0 Å². The molecule has 0 aromatic heterocycles. The molecule has 6 nitrogen and oxygen atoms in total. The van der Waals surface area contributed by atoms with Crippen LogP contribution in [-0.4, -0.2) is 65.9 Å². The Morgan fingerprint density at radius 1 is 0.568 bits per heavy atom. The summed E-state index contributed by atoms with van der Waals surface area (Å²) in [5, 5.41) is 35.2. The molecule has 44 heavy (non-hydrogen) atoms. The Balaban J connectivity index is 0.000000756. The molecule has 0 saturated heterocycles. The summed E-state index contributed by atoms with van der Waals surface area (Å²) in [6, 6.07) is 22.7. The number of hydrogen-bond acceptors (Lipinski definition) is 6. The van der Waals surface area contributed by atoms with Crippen molar-refractivity contribution in [1.29, 1.82) is 0 Å². The second-order valence-corrected chi connectivity index (χ2v) is 13.7. The third-order valence-corrected chi connectivity index (χ3v) is 6.06. The quantitative estimate of drug-likeness (QED) is 0.0793. The van der Waals surface area contributed by atoms with Crippen molar-refractivity contribution >= 4 is 48.1 Å². The molecular weight excluding hydrogens is 692 g/mol. The molecule has 0 aliphatic carbocycles. The summed E-state index contributed by atoms with van der Waals surface area (Å²) in [5.41, 5.74) is 1.33. The van der Waals surface area contributed by atoms with Gasteiger partial charge in [-0.15, -0.1) is 0 Å². The molecular formula is C30H32AsF6MnN4O2. The minimum Gasteiger partial charge on any atom is -0.872 e. The monoisotopic (exact) mass is 724 g/mol. The molecule has 4 aromatic rings. The molecule has 0 unspecified atom stereocenters. The van der Waals surface area contributed by atoms with Gasteiger partial charge in [-0.1, -0.05) is 84.3 Å². The molecule has 0 bridgehead atoms. The van der Waals surface area contributed by atoms with Gasteiger partial charge in [-0.3, -0.25) is 9.98 Å². The summed E-state index contributed by atoms with van der Waals surface area (Å²) in [5.74, 6) is 0.0205. The van der Waals surface area contributed by atoms with Crippen molar-refractivity contribution in [2.24, 2.45) is 9.98 Å². The van der Waals surface area contributed by atoms with Crippen molar-refractivity contribution in [2.45, 2.75) is 12.8 Å². The van der Waals surface area contributed by atoms with Gasteiger partial charge in [0.15, 0.2) is 0 Å². The van der Waals surface area contributed by atoms with Crippen LogP contribution in [0.1, 0.15) is 24.0 Å². The molecule has 0 fully saturated rings. The van der Waals surface area contributed by atoms with E-state index in [4.69, 9.17) is 0 Å². The molecule has 238 valence electrons. The third-order valence-electron chi connectivity index (χ3n) is 6.06. The fraction of sp³-hybridized carbons (Fsp3) is 0.267. The Bertz CT molecular complexity index is 1460. The van der Waals surface area contributed by atoms with E-state index < -0.39 is 14.2 Å². The summed E-state index contributed by atoms with van der Waals surface area (Å²) in [6.45, 7) is 4.90. The van der Waals surface area contributed by atoms with Crippen LogP contribution < -0.4 is 20.8 Å². The molecule has 0 atom stereocenters. The molecule has 14 heteroatoms. The van der Waals surface area contributed by atoms with Gasteiger partial charge in [-0.25, -0.2) is 0 Å². The van der Waals surface area contributed by atoms with E-state index in [1.165, 1.54) is 0 Å².